The number of hydrogen-bond donors (Lipinski definition) is 0. The van der Waals surface area contributed by atoms with E-state index in [0.717, 1.165) is 32.7 Å². The summed E-state index contributed by atoms with van der Waals surface area (Å²) in [5.74, 6) is 0. The number of piperazine rings is 1. The molecule has 0 bridgehead atoms. The second-order valence-corrected chi connectivity index (χ2v) is 3.16. The topological polar surface area (TPSA) is 37.7 Å². The molecule has 69 valence electrons. The Morgan fingerprint density at radius 3 is 2.58 bits per heavy atom. The summed E-state index contributed by atoms with van der Waals surface area (Å²) < 4.78 is 0. The van der Waals surface area contributed by atoms with Crippen LogP contribution in [0.5, 0.6) is 0 Å². The van der Waals surface area contributed by atoms with E-state index in [-0.39, 0.29) is 0 Å². The minimum atomic E-state index is 0.635. The van der Waals surface area contributed by atoms with E-state index in [1.54, 1.807) is 0 Å². The van der Waals surface area contributed by atoms with Gasteiger partial charge in [0, 0.05) is 32.7 Å². The molecule has 0 atom stereocenters. The Hall–Kier alpha value is -0.610. The molecule has 0 aromatic rings. The molecule has 0 aromatic heterocycles. The van der Waals surface area contributed by atoms with E-state index in [1.807, 2.05) is 0 Å². The summed E-state index contributed by atoms with van der Waals surface area (Å²) in [5, 5.41) is 3.65. The van der Waals surface area contributed by atoms with Crippen LogP contribution in [-0.2, 0) is 4.79 Å². The smallest absolute Gasteiger partial charge is 0.228 e. The van der Waals surface area contributed by atoms with Gasteiger partial charge in [0.1, 0.15) is 0 Å². The Balaban J connectivity index is 2.05. The third-order valence-electron chi connectivity index (χ3n) is 2.22. The molecule has 1 heterocycles. The van der Waals surface area contributed by atoms with Crippen molar-refractivity contribution in [2.75, 3.05) is 46.3 Å². The van der Waals surface area contributed by atoms with Gasteiger partial charge in [-0.05, 0) is 7.05 Å². The van der Waals surface area contributed by atoms with Crippen LogP contribution >= 0.6 is 0 Å². The lowest BCUT2D eigenvalue weighted by Crippen LogP contribution is -2.45. The number of hydrogen-bond acceptors (Lipinski definition) is 3. The first-order chi connectivity index (χ1) is 5.83. The number of carbonyl (C=O) groups excluding carboxylic acids is 1. The zero-order valence-electron chi connectivity index (χ0n) is 7.57. The average Bonchev–Trinajstić information content (AvgIpc) is 2.09. The predicted octanol–water partition coefficient (Wildman–Crippen LogP) is -1.01. The molecule has 12 heavy (non-hydrogen) atoms. The van der Waals surface area contributed by atoms with Crippen molar-refractivity contribution in [1.82, 2.24) is 15.1 Å². The highest BCUT2D eigenvalue weighted by Gasteiger charge is 2.12. The van der Waals surface area contributed by atoms with Gasteiger partial charge in [-0.25, -0.2) is 0 Å². The normalized spacial score (nSPS) is 20.8. The standard InChI is InChI=1S/C8H16N3O/c1-10-4-6-11(7-5-10)3-2-9-8-12/h8H,2-7H2,1H3. The molecule has 0 aliphatic carbocycles. The van der Waals surface area contributed by atoms with Gasteiger partial charge in [-0.1, -0.05) is 0 Å². The van der Waals surface area contributed by atoms with Gasteiger partial charge < -0.3 is 4.90 Å². The van der Waals surface area contributed by atoms with E-state index in [2.05, 4.69) is 22.2 Å². The zero-order chi connectivity index (χ0) is 8.81. The molecule has 0 aromatic carbocycles. The largest absolute Gasteiger partial charge is 0.304 e. The minimum absolute atomic E-state index is 0.635. The minimum Gasteiger partial charge on any atom is -0.304 e. The van der Waals surface area contributed by atoms with Gasteiger partial charge in [0.2, 0.25) is 6.41 Å². The summed E-state index contributed by atoms with van der Waals surface area (Å²) in [4.78, 5) is 14.6. The Morgan fingerprint density at radius 2 is 2.00 bits per heavy atom. The van der Waals surface area contributed by atoms with Gasteiger partial charge in [0.15, 0.2) is 0 Å². The Kier molecular flexibility index (Phi) is 4.04. The summed E-state index contributed by atoms with van der Waals surface area (Å²) in [6.07, 6.45) is 0.635. The molecule has 1 aliphatic heterocycles. The third kappa shape index (κ3) is 3.19. The highest BCUT2D eigenvalue weighted by Crippen LogP contribution is 1.97. The van der Waals surface area contributed by atoms with Gasteiger partial charge in [-0.3, -0.25) is 15.0 Å². The van der Waals surface area contributed by atoms with Crippen LogP contribution in [0.1, 0.15) is 0 Å². The van der Waals surface area contributed by atoms with Crippen molar-refractivity contribution in [3.05, 3.63) is 0 Å². The van der Waals surface area contributed by atoms with Crippen LogP contribution in [0.4, 0.5) is 0 Å². The van der Waals surface area contributed by atoms with Crippen molar-refractivity contribution in [1.29, 1.82) is 0 Å². The van der Waals surface area contributed by atoms with Crippen LogP contribution < -0.4 is 5.32 Å². The number of amides is 1. The summed E-state index contributed by atoms with van der Waals surface area (Å²) in [6, 6.07) is 0. The fraction of sp³-hybridized carbons (Fsp3) is 0.875. The van der Waals surface area contributed by atoms with Crippen LogP contribution in [-0.4, -0.2) is 62.5 Å². The SMILES string of the molecule is CN1CCN(CC[N]C=O)CC1. The third-order valence-corrected chi connectivity index (χ3v) is 2.22. The second-order valence-electron chi connectivity index (χ2n) is 3.16. The van der Waals surface area contributed by atoms with E-state index < -0.39 is 0 Å². The number of carbonyl (C=O) groups is 1. The van der Waals surface area contributed by atoms with Crippen molar-refractivity contribution in [2.45, 2.75) is 0 Å². The predicted molar refractivity (Wildman–Crippen MR) is 47.0 cm³/mol. The van der Waals surface area contributed by atoms with Gasteiger partial charge in [0.25, 0.3) is 0 Å². The molecule has 4 nitrogen and oxygen atoms in total. The lowest BCUT2D eigenvalue weighted by Gasteiger charge is -2.31. The lowest BCUT2D eigenvalue weighted by atomic mass is 10.3. The zero-order valence-corrected chi connectivity index (χ0v) is 7.57. The van der Waals surface area contributed by atoms with Crippen LogP contribution in [0.2, 0.25) is 0 Å². The van der Waals surface area contributed by atoms with Crippen LogP contribution in [0.15, 0.2) is 0 Å². The fourth-order valence-electron chi connectivity index (χ4n) is 1.32. The summed E-state index contributed by atoms with van der Waals surface area (Å²) in [5.41, 5.74) is 0. The first-order valence-corrected chi connectivity index (χ1v) is 4.34. The summed E-state index contributed by atoms with van der Waals surface area (Å²) >= 11 is 0. The van der Waals surface area contributed by atoms with E-state index in [1.165, 1.54) is 0 Å². The molecule has 1 radical (unpaired) electrons. The fourth-order valence-corrected chi connectivity index (χ4v) is 1.32. The number of likely N-dealkylation sites (N-methyl/N-ethyl adjacent to an activating group) is 1. The maximum Gasteiger partial charge on any atom is 0.228 e. The molecule has 0 saturated carbocycles. The Labute approximate surface area is 73.5 Å². The molecular weight excluding hydrogens is 154 g/mol. The van der Waals surface area contributed by atoms with E-state index >= 15 is 0 Å². The first kappa shape index (κ1) is 9.48. The van der Waals surface area contributed by atoms with Crippen molar-refractivity contribution in [3.8, 4) is 0 Å². The molecule has 0 unspecified atom stereocenters. The number of nitrogens with zero attached hydrogens (tertiary/aromatic N) is 3. The molecule has 1 saturated heterocycles. The molecule has 0 spiro atoms. The maximum atomic E-state index is 9.91. The summed E-state index contributed by atoms with van der Waals surface area (Å²) in [6.45, 7) is 6.03. The first-order valence-electron chi connectivity index (χ1n) is 4.34. The van der Waals surface area contributed by atoms with Crippen LogP contribution in [0, 0.1) is 0 Å². The quantitative estimate of drug-likeness (QED) is 0.401. The average molecular weight is 170 g/mol. The summed E-state index contributed by atoms with van der Waals surface area (Å²) in [7, 11) is 2.13. The molecule has 1 amide bonds. The van der Waals surface area contributed by atoms with E-state index in [0.29, 0.717) is 13.0 Å². The van der Waals surface area contributed by atoms with Gasteiger partial charge in [-0.15, -0.1) is 0 Å². The van der Waals surface area contributed by atoms with Crippen molar-refractivity contribution in [2.24, 2.45) is 0 Å². The highest BCUT2D eigenvalue weighted by atomic mass is 16.1. The van der Waals surface area contributed by atoms with Gasteiger partial charge in [-0.2, -0.15) is 0 Å². The van der Waals surface area contributed by atoms with Gasteiger partial charge >= 0.3 is 0 Å². The van der Waals surface area contributed by atoms with Gasteiger partial charge in [0.05, 0.1) is 6.54 Å². The van der Waals surface area contributed by atoms with E-state index in [9.17, 15) is 4.79 Å². The molecule has 1 aliphatic rings. The second kappa shape index (κ2) is 5.11. The Bertz CT molecular complexity index is 132. The lowest BCUT2D eigenvalue weighted by molar-refractivity contribution is -0.109. The maximum absolute atomic E-state index is 9.91. The number of rotatable bonds is 4. The monoisotopic (exact) mass is 170 g/mol. The molecular formula is C8H16N3O. The Morgan fingerprint density at radius 1 is 1.33 bits per heavy atom. The molecule has 1 fully saturated rings. The van der Waals surface area contributed by atoms with Crippen molar-refractivity contribution >= 4 is 6.41 Å². The van der Waals surface area contributed by atoms with Crippen LogP contribution in [0.25, 0.3) is 0 Å². The molecule has 0 N–H and O–H groups in total. The van der Waals surface area contributed by atoms with Crippen molar-refractivity contribution in [3.63, 3.8) is 0 Å². The molecule has 1 rings (SSSR count). The molecule has 4 heteroatoms. The van der Waals surface area contributed by atoms with E-state index in [4.69, 9.17) is 0 Å². The van der Waals surface area contributed by atoms with Crippen LogP contribution in [0.3, 0.4) is 0 Å². The highest BCUT2D eigenvalue weighted by molar-refractivity contribution is 5.45. The van der Waals surface area contributed by atoms with Crippen molar-refractivity contribution < 1.29 is 4.79 Å².